The van der Waals surface area contributed by atoms with Gasteiger partial charge in [-0.3, -0.25) is 39.0 Å². The number of hydrogen-bond donors (Lipinski definition) is 3. The van der Waals surface area contributed by atoms with Crippen molar-refractivity contribution >= 4 is 35.4 Å². The number of benzene rings is 2. The number of amides is 6. The van der Waals surface area contributed by atoms with Crippen LogP contribution in [0.25, 0.3) is 0 Å². The molecule has 0 saturated carbocycles. The first-order chi connectivity index (χ1) is 20.8. The molecule has 43 heavy (non-hydrogen) atoms. The molecule has 1 atom stereocenters. The second kappa shape index (κ2) is 13.5. The normalized spacial score (nSPS) is 17.3. The van der Waals surface area contributed by atoms with Crippen LogP contribution in [0.4, 0.5) is 0 Å². The van der Waals surface area contributed by atoms with Crippen LogP contribution in [0.1, 0.15) is 51.1 Å². The molecule has 1 saturated heterocycles. The van der Waals surface area contributed by atoms with Gasteiger partial charge in [-0.2, -0.15) is 0 Å². The van der Waals surface area contributed by atoms with Gasteiger partial charge in [0.05, 0.1) is 24.3 Å². The number of ether oxygens (including phenoxy) is 3. The lowest BCUT2D eigenvalue weighted by Gasteiger charge is -2.27. The summed E-state index contributed by atoms with van der Waals surface area (Å²) in [5.41, 5.74) is 2.64. The molecule has 0 aromatic heterocycles. The summed E-state index contributed by atoms with van der Waals surface area (Å²) in [6.07, 6.45) is 3.31. The summed E-state index contributed by atoms with van der Waals surface area (Å²) in [4.78, 5) is 74.8. The van der Waals surface area contributed by atoms with Crippen molar-refractivity contribution in [3.05, 3.63) is 58.7 Å². The molecular formula is C30H32N4O9. The summed E-state index contributed by atoms with van der Waals surface area (Å²) in [7, 11) is 0. The number of imide groups is 2. The van der Waals surface area contributed by atoms with Gasteiger partial charge in [0.1, 0.15) is 17.5 Å². The fraction of sp³-hybridized carbons (Fsp3) is 0.400. The van der Waals surface area contributed by atoms with Crippen molar-refractivity contribution in [2.45, 2.75) is 38.1 Å². The number of fused-ring (bicyclic) bond motifs is 2. The largest absolute Gasteiger partial charge is 0.484 e. The van der Waals surface area contributed by atoms with E-state index in [4.69, 9.17) is 14.2 Å². The van der Waals surface area contributed by atoms with E-state index in [1.165, 1.54) is 29.3 Å². The summed E-state index contributed by atoms with van der Waals surface area (Å²) in [6, 6.07) is 9.22. The zero-order chi connectivity index (χ0) is 30.3. The van der Waals surface area contributed by atoms with E-state index in [0.29, 0.717) is 5.75 Å². The summed E-state index contributed by atoms with van der Waals surface area (Å²) in [5, 5.41) is 7.48. The highest BCUT2D eigenvalue weighted by Crippen LogP contribution is 2.33. The van der Waals surface area contributed by atoms with Gasteiger partial charge in [-0.15, -0.1) is 0 Å². The van der Waals surface area contributed by atoms with Gasteiger partial charge in [0, 0.05) is 19.5 Å². The lowest BCUT2D eigenvalue weighted by molar-refractivity contribution is -0.136. The highest BCUT2D eigenvalue weighted by molar-refractivity contribution is 6.24. The molecule has 1 aliphatic carbocycles. The molecule has 3 N–H and O–H groups in total. The Morgan fingerprint density at radius 1 is 0.860 bits per heavy atom. The molecule has 1 fully saturated rings. The first-order valence-corrected chi connectivity index (χ1v) is 14.1. The minimum absolute atomic E-state index is 0.0105. The van der Waals surface area contributed by atoms with Crippen LogP contribution in [0, 0.1) is 0 Å². The maximum atomic E-state index is 13.1. The van der Waals surface area contributed by atoms with Crippen molar-refractivity contribution < 1.29 is 43.0 Å². The average Bonchev–Trinajstić information content (AvgIpc) is 3.56. The van der Waals surface area contributed by atoms with Crippen LogP contribution in [-0.2, 0) is 36.8 Å². The second-order valence-corrected chi connectivity index (χ2v) is 10.3. The molecule has 226 valence electrons. The second-order valence-electron chi connectivity index (χ2n) is 10.3. The summed E-state index contributed by atoms with van der Waals surface area (Å²) < 4.78 is 16.5. The van der Waals surface area contributed by atoms with E-state index in [1.807, 2.05) is 18.2 Å². The van der Waals surface area contributed by atoms with Crippen LogP contribution in [0.5, 0.6) is 11.5 Å². The van der Waals surface area contributed by atoms with Crippen molar-refractivity contribution in [3.8, 4) is 11.5 Å². The SMILES string of the molecule is O=C(COc1ccc2c(c1)CCC2)NCCOCCNC(=O)COc1cccc2c1C(=O)N(C1CCC(=O)NC1=O)C2=O. The zero-order valence-electron chi connectivity index (χ0n) is 23.4. The van der Waals surface area contributed by atoms with Crippen molar-refractivity contribution in [2.24, 2.45) is 0 Å². The van der Waals surface area contributed by atoms with Crippen LogP contribution >= 0.6 is 0 Å². The number of hydrogen-bond acceptors (Lipinski definition) is 9. The Hall–Kier alpha value is -4.78. The fourth-order valence-electron chi connectivity index (χ4n) is 5.26. The third-order valence-electron chi connectivity index (χ3n) is 7.37. The first kappa shape index (κ1) is 29.7. The van der Waals surface area contributed by atoms with Crippen molar-refractivity contribution in [1.82, 2.24) is 20.9 Å². The standard InChI is InChI=1S/C30H32N4O9/c35-24-10-9-22(28(38)33-24)34-29(39)21-5-2-6-23(27(21)30(34)40)43-17-26(37)32-12-14-41-13-11-31-25(36)16-42-20-8-7-18-3-1-4-19(18)15-20/h2,5-8,15,22H,1,3-4,9-14,16-17H2,(H,31,36)(H,32,37)(H,33,35,38). The van der Waals surface area contributed by atoms with E-state index >= 15 is 0 Å². The van der Waals surface area contributed by atoms with Crippen LogP contribution in [0.2, 0.25) is 0 Å². The van der Waals surface area contributed by atoms with E-state index < -0.39 is 42.2 Å². The molecule has 13 heteroatoms. The van der Waals surface area contributed by atoms with E-state index in [0.717, 1.165) is 24.2 Å². The monoisotopic (exact) mass is 592 g/mol. The number of carbonyl (C=O) groups is 6. The van der Waals surface area contributed by atoms with Gasteiger partial charge in [0.25, 0.3) is 23.6 Å². The summed E-state index contributed by atoms with van der Waals surface area (Å²) in [6.45, 7) is 0.399. The van der Waals surface area contributed by atoms with E-state index in [2.05, 4.69) is 16.0 Å². The predicted octanol–water partition coefficient (Wildman–Crippen LogP) is 0.283. The number of nitrogens with zero attached hydrogens (tertiary/aromatic N) is 1. The molecule has 6 amide bonds. The Kier molecular flexibility index (Phi) is 9.30. The fourth-order valence-corrected chi connectivity index (χ4v) is 5.26. The minimum Gasteiger partial charge on any atom is -0.484 e. The highest BCUT2D eigenvalue weighted by atomic mass is 16.5. The maximum absolute atomic E-state index is 13.1. The van der Waals surface area contributed by atoms with Crippen molar-refractivity contribution in [2.75, 3.05) is 39.5 Å². The predicted molar refractivity (Wildman–Crippen MR) is 149 cm³/mol. The molecule has 2 aliphatic heterocycles. The van der Waals surface area contributed by atoms with Crippen molar-refractivity contribution in [1.29, 1.82) is 0 Å². The zero-order valence-corrected chi connectivity index (χ0v) is 23.4. The number of carbonyl (C=O) groups excluding carboxylic acids is 6. The third kappa shape index (κ3) is 7.00. The molecule has 2 aromatic carbocycles. The van der Waals surface area contributed by atoms with Gasteiger partial charge in [-0.25, -0.2) is 0 Å². The minimum atomic E-state index is -1.10. The van der Waals surface area contributed by atoms with Gasteiger partial charge in [0.2, 0.25) is 11.8 Å². The van der Waals surface area contributed by atoms with Gasteiger partial charge in [0.15, 0.2) is 13.2 Å². The van der Waals surface area contributed by atoms with Crippen LogP contribution in [-0.4, -0.2) is 85.9 Å². The van der Waals surface area contributed by atoms with Crippen LogP contribution in [0.15, 0.2) is 36.4 Å². The van der Waals surface area contributed by atoms with E-state index in [-0.39, 0.29) is 68.5 Å². The number of piperidine rings is 1. The molecule has 0 radical (unpaired) electrons. The molecule has 2 heterocycles. The Morgan fingerprint density at radius 3 is 2.33 bits per heavy atom. The summed E-state index contributed by atoms with van der Waals surface area (Å²) >= 11 is 0. The van der Waals surface area contributed by atoms with Gasteiger partial charge < -0.3 is 24.8 Å². The Labute approximate surface area is 247 Å². The smallest absolute Gasteiger partial charge is 0.266 e. The van der Waals surface area contributed by atoms with Crippen LogP contribution in [0.3, 0.4) is 0 Å². The quantitative estimate of drug-likeness (QED) is 0.219. The Balaban J connectivity index is 0.973. The molecular weight excluding hydrogens is 560 g/mol. The van der Waals surface area contributed by atoms with Gasteiger partial charge in [-0.1, -0.05) is 12.1 Å². The molecule has 0 bridgehead atoms. The molecule has 3 aliphatic rings. The van der Waals surface area contributed by atoms with E-state index in [1.54, 1.807) is 0 Å². The maximum Gasteiger partial charge on any atom is 0.266 e. The number of aryl methyl sites for hydroxylation is 2. The molecule has 13 nitrogen and oxygen atoms in total. The van der Waals surface area contributed by atoms with Crippen molar-refractivity contribution in [3.63, 3.8) is 0 Å². The Bertz CT molecular complexity index is 1460. The third-order valence-corrected chi connectivity index (χ3v) is 7.37. The molecule has 5 rings (SSSR count). The Morgan fingerprint density at radius 2 is 1.58 bits per heavy atom. The lowest BCUT2D eigenvalue weighted by atomic mass is 10.0. The summed E-state index contributed by atoms with van der Waals surface area (Å²) in [5.74, 6) is -2.58. The first-order valence-electron chi connectivity index (χ1n) is 14.1. The number of nitrogens with one attached hydrogen (secondary N) is 3. The van der Waals surface area contributed by atoms with Gasteiger partial charge >= 0.3 is 0 Å². The lowest BCUT2D eigenvalue weighted by Crippen LogP contribution is -2.54. The molecule has 2 aromatic rings. The highest BCUT2D eigenvalue weighted by Gasteiger charge is 2.46. The molecule has 1 unspecified atom stereocenters. The topological polar surface area (TPSA) is 169 Å². The van der Waals surface area contributed by atoms with E-state index in [9.17, 15) is 28.8 Å². The average molecular weight is 593 g/mol. The molecule has 0 spiro atoms. The van der Waals surface area contributed by atoms with Crippen LogP contribution < -0.4 is 25.4 Å². The van der Waals surface area contributed by atoms with Gasteiger partial charge in [-0.05, 0) is 61.1 Å². The number of rotatable bonds is 13.